The molecule has 9 nitrogen and oxygen atoms in total. The van der Waals surface area contributed by atoms with Gasteiger partial charge in [-0.25, -0.2) is 4.98 Å². The highest BCUT2D eigenvalue weighted by Crippen LogP contribution is 2.33. The molecule has 1 aliphatic rings. The maximum absolute atomic E-state index is 11.1. The molecule has 9 heteroatoms. The van der Waals surface area contributed by atoms with Crippen LogP contribution in [0.1, 0.15) is 74.1 Å². The second-order valence-electron chi connectivity index (χ2n) is 11.9. The fraction of sp³-hybridized carbons (Fsp3) is 0.514. The maximum atomic E-state index is 11.1. The number of hydrogen-bond donors (Lipinski definition) is 6. The van der Waals surface area contributed by atoms with Crippen LogP contribution < -0.4 is 15.5 Å². The van der Waals surface area contributed by atoms with E-state index in [4.69, 9.17) is 10.5 Å². The highest BCUT2D eigenvalue weighted by Gasteiger charge is 2.27. The van der Waals surface area contributed by atoms with Gasteiger partial charge in [-0.2, -0.15) is 11.9 Å². The molecule has 2 heterocycles. The van der Waals surface area contributed by atoms with Crippen LogP contribution in [0.5, 0.6) is 11.5 Å². The Bertz CT molecular complexity index is 1340. The van der Waals surface area contributed by atoms with Crippen LogP contribution in [0.2, 0.25) is 0 Å². The molecule has 6 unspecified atom stereocenters. The molecule has 0 aliphatic heterocycles. The number of aryl methyl sites for hydroxylation is 1. The normalized spacial score (nSPS) is 21.0. The number of aliphatic hydroxyl groups is 4. The van der Waals surface area contributed by atoms with Crippen LogP contribution in [0.15, 0.2) is 54.9 Å². The minimum absolute atomic E-state index is 0.0365. The van der Waals surface area contributed by atoms with Crippen molar-refractivity contribution in [2.45, 2.75) is 88.4 Å². The second kappa shape index (κ2) is 17.1. The first kappa shape index (κ1) is 33.3. The van der Waals surface area contributed by atoms with Gasteiger partial charge in [-0.15, -0.1) is 5.92 Å². The van der Waals surface area contributed by atoms with E-state index in [1.165, 1.54) is 0 Å². The zero-order valence-electron chi connectivity index (χ0n) is 25.3. The lowest BCUT2D eigenvalue weighted by Gasteiger charge is -2.27. The highest BCUT2D eigenvalue weighted by atomic mass is 16.5. The topological polar surface area (TPSA) is 163 Å². The summed E-state index contributed by atoms with van der Waals surface area (Å²) in [6, 6.07) is 12.6. The maximum Gasteiger partial charge on any atom is 0.161 e. The summed E-state index contributed by atoms with van der Waals surface area (Å²) in [6.07, 6.45) is 7.78. The summed E-state index contributed by atoms with van der Waals surface area (Å²) in [5.74, 6) is 6.76. The van der Waals surface area contributed by atoms with Crippen LogP contribution in [0.3, 0.4) is 0 Å². The number of anilines is 1. The first-order valence-electron chi connectivity index (χ1n) is 15.7. The van der Waals surface area contributed by atoms with Gasteiger partial charge in [0, 0.05) is 31.1 Å². The van der Waals surface area contributed by atoms with Crippen LogP contribution >= 0.6 is 0 Å². The molecule has 6 atom stereocenters. The van der Waals surface area contributed by atoms with Crippen LogP contribution in [0.25, 0.3) is 0 Å². The lowest BCUT2D eigenvalue weighted by atomic mass is 9.85. The van der Waals surface area contributed by atoms with Crippen molar-refractivity contribution in [3.05, 3.63) is 71.7 Å². The van der Waals surface area contributed by atoms with Crippen molar-refractivity contribution >= 4 is 5.82 Å². The average molecular weight is 605 g/mol. The first-order chi connectivity index (χ1) is 21.4. The molecule has 2 aromatic heterocycles. The van der Waals surface area contributed by atoms with E-state index in [1.54, 1.807) is 30.6 Å². The fourth-order valence-electron chi connectivity index (χ4n) is 6.01. The van der Waals surface area contributed by atoms with Gasteiger partial charge < -0.3 is 41.0 Å². The number of rotatable bonds is 14. The SMILES string of the molecule is Nc1cc(C(Cc2ccc[n-]2)CC(CO)Oc2cc(CCC(O)C3CC#CC(CCO)CCCCC3O)ccc2O)ccn1. The molecular weight excluding hydrogens is 558 g/mol. The van der Waals surface area contributed by atoms with E-state index in [0.717, 1.165) is 36.1 Å². The van der Waals surface area contributed by atoms with Gasteiger partial charge in [-0.1, -0.05) is 37.0 Å². The zero-order valence-corrected chi connectivity index (χ0v) is 25.3. The Morgan fingerprint density at radius 3 is 2.70 bits per heavy atom. The molecule has 0 radical (unpaired) electrons. The molecule has 0 saturated carbocycles. The Kier molecular flexibility index (Phi) is 12.9. The van der Waals surface area contributed by atoms with E-state index in [2.05, 4.69) is 21.8 Å². The Balaban J connectivity index is 1.41. The fourth-order valence-corrected chi connectivity index (χ4v) is 6.01. The number of ether oxygens (including phenoxy) is 1. The summed E-state index contributed by atoms with van der Waals surface area (Å²) in [7, 11) is 0. The quantitative estimate of drug-likeness (QED) is 0.151. The minimum Gasteiger partial charge on any atom is -0.668 e. The van der Waals surface area contributed by atoms with E-state index in [-0.39, 0.29) is 42.5 Å². The lowest BCUT2D eigenvalue weighted by molar-refractivity contribution is 0.00555. The number of phenolic OH excluding ortho intramolecular Hbond substituents is 1. The molecule has 3 aromatic rings. The van der Waals surface area contributed by atoms with Gasteiger partial charge in [-0.05, 0) is 86.3 Å². The predicted octanol–water partition coefficient (Wildman–Crippen LogP) is 3.72. The van der Waals surface area contributed by atoms with Crippen molar-refractivity contribution < 1.29 is 30.3 Å². The molecule has 7 N–H and O–H groups in total. The first-order valence-corrected chi connectivity index (χ1v) is 15.7. The van der Waals surface area contributed by atoms with Crippen LogP contribution in [0, 0.1) is 23.7 Å². The summed E-state index contributed by atoms with van der Waals surface area (Å²) in [5, 5.41) is 52.1. The van der Waals surface area contributed by atoms with Crippen molar-refractivity contribution in [1.82, 2.24) is 9.97 Å². The molecular formula is C35H46N3O6-. The third-order valence-corrected chi connectivity index (χ3v) is 8.56. The molecule has 1 aliphatic carbocycles. The molecule has 44 heavy (non-hydrogen) atoms. The lowest BCUT2D eigenvalue weighted by Crippen LogP contribution is -2.32. The largest absolute Gasteiger partial charge is 0.668 e. The summed E-state index contributed by atoms with van der Waals surface area (Å²) < 4.78 is 6.16. The number of nitrogen functional groups attached to an aromatic ring is 1. The summed E-state index contributed by atoms with van der Waals surface area (Å²) >= 11 is 0. The molecule has 4 rings (SSSR count). The predicted molar refractivity (Wildman–Crippen MR) is 169 cm³/mol. The Hall–Kier alpha value is -3.55. The zero-order chi connectivity index (χ0) is 31.3. The van der Waals surface area contributed by atoms with Gasteiger partial charge in [0.15, 0.2) is 11.5 Å². The average Bonchev–Trinajstić information content (AvgIpc) is 3.53. The molecule has 0 spiro atoms. The van der Waals surface area contributed by atoms with E-state index in [0.29, 0.717) is 50.8 Å². The number of aromatic hydroxyl groups is 1. The van der Waals surface area contributed by atoms with Crippen molar-refractivity contribution in [2.24, 2.45) is 11.8 Å². The third-order valence-electron chi connectivity index (χ3n) is 8.56. The number of aromatic nitrogens is 2. The van der Waals surface area contributed by atoms with Crippen LogP contribution in [-0.4, -0.2) is 62.0 Å². The van der Waals surface area contributed by atoms with E-state index < -0.39 is 18.3 Å². The van der Waals surface area contributed by atoms with Gasteiger partial charge in [0.25, 0.3) is 0 Å². The Labute approximate surface area is 260 Å². The van der Waals surface area contributed by atoms with E-state index in [9.17, 15) is 25.5 Å². The van der Waals surface area contributed by atoms with Crippen LogP contribution in [0.4, 0.5) is 5.82 Å². The van der Waals surface area contributed by atoms with Crippen molar-refractivity contribution in [2.75, 3.05) is 18.9 Å². The van der Waals surface area contributed by atoms with E-state index >= 15 is 0 Å². The van der Waals surface area contributed by atoms with E-state index in [1.807, 2.05) is 24.3 Å². The molecule has 0 amide bonds. The van der Waals surface area contributed by atoms with Crippen molar-refractivity contribution in [3.8, 4) is 23.3 Å². The summed E-state index contributed by atoms with van der Waals surface area (Å²) in [6.45, 7) is -0.147. The van der Waals surface area contributed by atoms with Gasteiger partial charge in [-0.3, -0.25) is 0 Å². The van der Waals surface area contributed by atoms with Crippen LogP contribution in [-0.2, 0) is 12.8 Å². The Morgan fingerprint density at radius 2 is 1.95 bits per heavy atom. The number of nitrogens with two attached hydrogens (primary N) is 1. The second-order valence-corrected chi connectivity index (χ2v) is 11.9. The molecule has 0 saturated heterocycles. The number of phenols is 1. The molecule has 0 fully saturated rings. The molecule has 0 bridgehead atoms. The smallest absolute Gasteiger partial charge is 0.161 e. The number of pyridine rings is 1. The van der Waals surface area contributed by atoms with Crippen molar-refractivity contribution in [1.29, 1.82) is 0 Å². The Morgan fingerprint density at radius 1 is 1.11 bits per heavy atom. The molecule has 238 valence electrons. The third kappa shape index (κ3) is 10.00. The number of aliphatic hydroxyl groups excluding tert-OH is 4. The summed E-state index contributed by atoms with van der Waals surface area (Å²) in [4.78, 5) is 8.51. The van der Waals surface area contributed by atoms with Gasteiger partial charge >= 0.3 is 0 Å². The highest BCUT2D eigenvalue weighted by molar-refractivity contribution is 5.42. The number of benzene rings is 1. The van der Waals surface area contributed by atoms with Crippen molar-refractivity contribution in [3.63, 3.8) is 0 Å². The standard InChI is InChI=1S/C35H46N3O6/c36-35-22-26(14-17-38-35)27(20-28-7-4-16-37-28)21-29(23-40)44-34-19-25(11-13-33(34)43)10-12-32(42)30-8-3-6-24(15-18-39)5-1-2-9-31(30)41/h4,7,11,13-14,16-17,19,22,24,27,29-32,39-43H,1-2,5,8-10,12,15,18,20-21,23H2,(H2,36,38)/q-1. The minimum atomic E-state index is -0.753. The van der Waals surface area contributed by atoms with Gasteiger partial charge in [0.05, 0.1) is 18.8 Å². The summed E-state index contributed by atoms with van der Waals surface area (Å²) in [5.41, 5.74) is 8.70. The number of hydrogen-bond acceptors (Lipinski definition) is 8. The van der Waals surface area contributed by atoms with Gasteiger partial charge in [0.2, 0.25) is 0 Å². The molecule has 1 aromatic carbocycles. The number of nitrogens with zero attached hydrogens (tertiary/aromatic N) is 2. The monoisotopic (exact) mass is 604 g/mol. The van der Waals surface area contributed by atoms with Gasteiger partial charge in [0.1, 0.15) is 11.9 Å².